The van der Waals surface area contributed by atoms with E-state index in [0.29, 0.717) is 5.01 Å². The molecule has 2 heterocycles. The van der Waals surface area contributed by atoms with Crippen LogP contribution in [0.2, 0.25) is 0 Å². The van der Waals surface area contributed by atoms with Gasteiger partial charge in [-0.15, -0.1) is 22.7 Å². The number of aromatic carboxylic acids is 1. The molecule has 1 N–H and O–H groups in total. The third-order valence-electron chi connectivity index (χ3n) is 1.79. The van der Waals surface area contributed by atoms with Gasteiger partial charge in [0.15, 0.2) is 11.5 Å². The third-order valence-corrected chi connectivity index (χ3v) is 3.89. The Balaban J connectivity index is 2.55. The minimum absolute atomic E-state index is 0.177. The molecule has 82 valence electrons. The minimum atomic E-state index is -1.18. The summed E-state index contributed by atoms with van der Waals surface area (Å²) in [7, 11) is 0. The molecule has 0 saturated heterocycles. The average Bonchev–Trinajstić information content (AvgIpc) is 2.86. The molecule has 7 heteroatoms. The van der Waals surface area contributed by atoms with Crippen LogP contribution < -0.4 is 0 Å². The number of ketones is 1. The van der Waals surface area contributed by atoms with Crippen LogP contribution in [0.1, 0.15) is 27.1 Å². The summed E-state index contributed by atoms with van der Waals surface area (Å²) in [6.45, 7) is 1.33. The van der Waals surface area contributed by atoms with Crippen molar-refractivity contribution in [3.05, 3.63) is 22.3 Å². The fourth-order valence-corrected chi connectivity index (χ4v) is 2.76. The normalized spacial score (nSPS) is 10.3. The summed E-state index contributed by atoms with van der Waals surface area (Å²) >= 11 is 2.44. The van der Waals surface area contributed by atoms with E-state index in [1.54, 1.807) is 11.7 Å². The topological polar surface area (TPSA) is 80.2 Å². The molecule has 16 heavy (non-hydrogen) atoms. The number of rotatable bonds is 3. The number of Topliss-reactive ketones (excluding diaryl/α,β-unsaturated/α-hetero) is 1. The number of nitrogens with zero attached hydrogens (tertiary/aromatic N) is 2. The van der Waals surface area contributed by atoms with Crippen molar-refractivity contribution in [2.24, 2.45) is 0 Å². The van der Waals surface area contributed by atoms with Crippen molar-refractivity contribution in [1.29, 1.82) is 0 Å². The molecule has 0 radical (unpaired) electrons. The van der Waals surface area contributed by atoms with Gasteiger partial charge in [-0.05, 0) is 0 Å². The number of carboxylic acids is 1. The first-order chi connectivity index (χ1) is 7.59. The smallest absolute Gasteiger partial charge is 0.356 e. The molecule has 0 spiro atoms. The number of carboxylic acid groups (broad SMARTS) is 1. The summed E-state index contributed by atoms with van der Waals surface area (Å²) in [6.07, 6.45) is 1.60. The molecule has 2 aromatic heterocycles. The van der Waals surface area contributed by atoms with Gasteiger partial charge in [0.05, 0.1) is 10.4 Å². The second kappa shape index (κ2) is 4.11. The van der Waals surface area contributed by atoms with Crippen LogP contribution >= 0.6 is 22.7 Å². The molecule has 0 aliphatic rings. The van der Waals surface area contributed by atoms with E-state index in [1.807, 2.05) is 0 Å². The molecular weight excluding hydrogens is 248 g/mol. The van der Waals surface area contributed by atoms with Crippen LogP contribution in [0.5, 0.6) is 0 Å². The van der Waals surface area contributed by atoms with E-state index in [-0.39, 0.29) is 16.4 Å². The molecule has 0 aliphatic heterocycles. The molecule has 5 nitrogen and oxygen atoms in total. The monoisotopic (exact) mass is 254 g/mol. The van der Waals surface area contributed by atoms with Gasteiger partial charge in [0.1, 0.15) is 9.88 Å². The summed E-state index contributed by atoms with van der Waals surface area (Å²) in [6, 6.07) is 0. The average molecular weight is 254 g/mol. The first-order valence-corrected chi connectivity index (χ1v) is 5.93. The summed E-state index contributed by atoms with van der Waals surface area (Å²) in [5.41, 5.74) is 1.45. The molecule has 0 amide bonds. The molecule has 2 aromatic rings. The van der Waals surface area contributed by atoms with Crippen molar-refractivity contribution in [2.75, 3.05) is 0 Å². The third kappa shape index (κ3) is 1.86. The Morgan fingerprint density at radius 2 is 2.19 bits per heavy atom. The molecule has 0 unspecified atom stereocenters. The van der Waals surface area contributed by atoms with Crippen LogP contribution in [-0.2, 0) is 0 Å². The van der Waals surface area contributed by atoms with Gasteiger partial charge in [0.2, 0.25) is 0 Å². The number of hydrogen-bond donors (Lipinski definition) is 1. The SMILES string of the molecule is CC(=O)c1sc(-c2cncs2)nc1C(=O)O. The van der Waals surface area contributed by atoms with E-state index < -0.39 is 5.97 Å². The fraction of sp³-hybridized carbons (Fsp3) is 0.111. The first-order valence-electron chi connectivity index (χ1n) is 4.23. The van der Waals surface area contributed by atoms with Crippen molar-refractivity contribution >= 4 is 34.4 Å². The van der Waals surface area contributed by atoms with E-state index in [4.69, 9.17) is 5.11 Å². The van der Waals surface area contributed by atoms with Gasteiger partial charge in [-0.3, -0.25) is 9.78 Å². The van der Waals surface area contributed by atoms with E-state index >= 15 is 0 Å². The summed E-state index contributed by atoms with van der Waals surface area (Å²) < 4.78 is 0. The van der Waals surface area contributed by atoms with Gasteiger partial charge < -0.3 is 5.11 Å². The lowest BCUT2D eigenvalue weighted by molar-refractivity contribution is 0.0687. The molecule has 0 bridgehead atoms. The van der Waals surface area contributed by atoms with Gasteiger partial charge >= 0.3 is 5.97 Å². The Morgan fingerprint density at radius 1 is 1.44 bits per heavy atom. The van der Waals surface area contributed by atoms with Crippen molar-refractivity contribution in [2.45, 2.75) is 6.92 Å². The van der Waals surface area contributed by atoms with Gasteiger partial charge in [-0.1, -0.05) is 0 Å². The van der Waals surface area contributed by atoms with Crippen LogP contribution in [-0.4, -0.2) is 26.8 Å². The number of hydrogen-bond acceptors (Lipinski definition) is 6. The zero-order valence-electron chi connectivity index (χ0n) is 8.13. The second-order valence-electron chi connectivity index (χ2n) is 2.92. The van der Waals surface area contributed by atoms with Crippen LogP contribution in [0.25, 0.3) is 9.88 Å². The van der Waals surface area contributed by atoms with Crippen LogP contribution in [0.15, 0.2) is 11.7 Å². The molecule has 0 atom stereocenters. The highest BCUT2D eigenvalue weighted by molar-refractivity contribution is 7.22. The molecule has 0 aliphatic carbocycles. The standard InChI is InChI=1S/C9H6N2O3S2/c1-4(12)7-6(9(13)14)11-8(16-7)5-2-10-3-15-5/h2-3H,1H3,(H,13,14). The maximum atomic E-state index is 11.2. The summed E-state index contributed by atoms with van der Waals surface area (Å²) in [4.78, 5) is 30.9. The Labute approximate surface area is 98.4 Å². The van der Waals surface area contributed by atoms with Gasteiger partial charge in [0, 0.05) is 13.1 Å². The van der Waals surface area contributed by atoms with E-state index in [0.717, 1.165) is 16.2 Å². The lowest BCUT2D eigenvalue weighted by atomic mass is 10.3. The Bertz CT molecular complexity index is 514. The number of carbonyl (C=O) groups is 2. The van der Waals surface area contributed by atoms with E-state index in [2.05, 4.69) is 9.97 Å². The predicted molar refractivity (Wildman–Crippen MR) is 60.2 cm³/mol. The number of carbonyl (C=O) groups excluding carboxylic acids is 1. The van der Waals surface area contributed by atoms with Gasteiger partial charge in [-0.2, -0.15) is 0 Å². The Hall–Kier alpha value is -1.60. The highest BCUT2D eigenvalue weighted by Gasteiger charge is 2.21. The molecule has 2 rings (SSSR count). The highest BCUT2D eigenvalue weighted by Crippen LogP contribution is 2.30. The van der Waals surface area contributed by atoms with Crippen LogP contribution in [0.4, 0.5) is 0 Å². The molecule has 0 aromatic carbocycles. The predicted octanol–water partition coefficient (Wildman–Crippen LogP) is 2.17. The lowest BCUT2D eigenvalue weighted by Gasteiger charge is -1.89. The maximum absolute atomic E-state index is 11.2. The van der Waals surface area contributed by atoms with Crippen molar-refractivity contribution in [3.8, 4) is 9.88 Å². The lowest BCUT2D eigenvalue weighted by Crippen LogP contribution is -2.03. The highest BCUT2D eigenvalue weighted by atomic mass is 32.1. The van der Waals surface area contributed by atoms with Crippen molar-refractivity contribution in [1.82, 2.24) is 9.97 Å². The van der Waals surface area contributed by atoms with Gasteiger partial charge in [0.25, 0.3) is 0 Å². The fourth-order valence-electron chi connectivity index (χ4n) is 1.13. The van der Waals surface area contributed by atoms with Gasteiger partial charge in [-0.25, -0.2) is 9.78 Å². The number of aromatic nitrogens is 2. The zero-order chi connectivity index (χ0) is 11.7. The first kappa shape index (κ1) is 10.9. The zero-order valence-corrected chi connectivity index (χ0v) is 9.76. The van der Waals surface area contributed by atoms with Crippen molar-refractivity contribution < 1.29 is 14.7 Å². The summed E-state index contributed by atoms with van der Waals surface area (Å²) in [5, 5.41) is 9.42. The second-order valence-corrected chi connectivity index (χ2v) is 4.81. The van der Waals surface area contributed by atoms with Crippen LogP contribution in [0.3, 0.4) is 0 Å². The van der Waals surface area contributed by atoms with E-state index in [9.17, 15) is 9.59 Å². The largest absolute Gasteiger partial charge is 0.476 e. The summed E-state index contributed by atoms with van der Waals surface area (Å²) in [5.74, 6) is -1.47. The van der Waals surface area contributed by atoms with Crippen LogP contribution in [0, 0.1) is 0 Å². The quantitative estimate of drug-likeness (QED) is 0.849. The number of thiazole rings is 2. The molecular formula is C9H6N2O3S2. The van der Waals surface area contributed by atoms with Crippen molar-refractivity contribution in [3.63, 3.8) is 0 Å². The molecule has 0 saturated carbocycles. The Kier molecular flexibility index (Phi) is 2.80. The van der Waals surface area contributed by atoms with E-state index in [1.165, 1.54) is 18.3 Å². The minimum Gasteiger partial charge on any atom is -0.476 e. The molecule has 0 fully saturated rings. The maximum Gasteiger partial charge on any atom is 0.356 e. The Morgan fingerprint density at radius 3 is 2.62 bits per heavy atom.